The van der Waals surface area contributed by atoms with Crippen LogP contribution in [0.4, 0.5) is 27.6 Å². The van der Waals surface area contributed by atoms with Crippen LogP contribution in [0, 0.1) is 35.0 Å². The Morgan fingerprint density at radius 3 is 2.13 bits per heavy atom. The highest BCUT2D eigenvalue weighted by molar-refractivity contribution is 6.03. The van der Waals surface area contributed by atoms with Gasteiger partial charge in [0.15, 0.2) is 23.3 Å². The van der Waals surface area contributed by atoms with Crippen LogP contribution in [0.3, 0.4) is 0 Å². The molecular formula is C30H22F5NO2. The molecule has 0 aromatic heterocycles. The monoisotopic (exact) mass is 523 g/mol. The van der Waals surface area contributed by atoms with Crippen LogP contribution < -0.4 is 4.90 Å². The van der Waals surface area contributed by atoms with E-state index in [1.807, 2.05) is 0 Å². The molecule has 0 aliphatic carbocycles. The summed E-state index contributed by atoms with van der Waals surface area (Å²) in [7, 11) is 0. The van der Waals surface area contributed by atoms with Gasteiger partial charge in [0.25, 0.3) is 0 Å². The first-order valence-electron chi connectivity index (χ1n) is 12.0. The maximum Gasteiger partial charge on any atom is 0.233 e. The fraction of sp³-hybridized carbons (Fsp3) is 0.167. The fourth-order valence-electron chi connectivity index (χ4n) is 4.90. The van der Waals surface area contributed by atoms with E-state index in [1.165, 1.54) is 47.4 Å². The minimum absolute atomic E-state index is 0.185. The van der Waals surface area contributed by atoms with Gasteiger partial charge in [-0.25, -0.2) is 22.0 Å². The van der Waals surface area contributed by atoms with E-state index in [2.05, 4.69) is 0 Å². The molecule has 38 heavy (non-hydrogen) atoms. The summed E-state index contributed by atoms with van der Waals surface area (Å²) in [5, 5.41) is 10.6. The number of aliphatic hydroxyl groups is 1. The number of amides is 1. The summed E-state index contributed by atoms with van der Waals surface area (Å²) in [6.45, 7) is 0. The SMILES string of the molecule is O=C1[C@H](CC[C@H](O)c2ccc(F)cc2)[C@@H](c2ccc(-c3ccc(F)c(F)c3)cc2)N1c1cccc(F)c1F. The van der Waals surface area contributed by atoms with Crippen molar-refractivity contribution in [2.24, 2.45) is 5.92 Å². The molecule has 1 fully saturated rings. The largest absolute Gasteiger partial charge is 0.388 e. The minimum Gasteiger partial charge on any atom is -0.388 e. The standard InChI is InChI=1S/C30H22F5NO2/c31-21-11-8-18(9-12-21)27(37)15-13-22-29(36(30(22)38)26-3-1-2-24(33)28(26)35)19-6-4-17(5-7-19)20-10-14-23(32)25(34)16-20/h1-12,14,16,22,27,29,37H,13,15H2/t22-,27+,29-/m1/s1. The molecule has 194 valence electrons. The predicted molar refractivity (Wildman–Crippen MR) is 132 cm³/mol. The second-order valence-electron chi connectivity index (χ2n) is 9.23. The molecule has 0 unspecified atom stereocenters. The van der Waals surface area contributed by atoms with Gasteiger partial charge in [-0.2, -0.15) is 0 Å². The first kappa shape index (κ1) is 25.6. The molecule has 1 aliphatic rings. The Kier molecular flexibility index (Phi) is 6.99. The molecule has 0 saturated carbocycles. The molecule has 1 amide bonds. The van der Waals surface area contributed by atoms with Crippen molar-refractivity contribution in [1.29, 1.82) is 0 Å². The number of carbonyl (C=O) groups excluding carboxylic acids is 1. The van der Waals surface area contributed by atoms with E-state index in [9.17, 15) is 31.9 Å². The summed E-state index contributed by atoms with van der Waals surface area (Å²) in [4.78, 5) is 14.4. The quantitative estimate of drug-likeness (QED) is 0.205. The van der Waals surface area contributed by atoms with Gasteiger partial charge in [-0.3, -0.25) is 4.79 Å². The van der Waals surface area contributed by atoms with Crippen LogP contribution in [-0.2, 0) is 4.79 Å². The Morgan fingerprint density at radius 1 is 0.763 bits per heavy atom. The number of anilines is 1. The molecule has 4 aromatic rings. The first-order chi connectivity index (χ1) is 18.2. The third-order valence-electron chi connectivity index (χ3n) is 6.92. The zero-order valence-corrected chi connectivity index (χ0v) is 19.9. The molecule has 1 N–H and O–H groups in total. The van der Waals surface area contributed by atoms with E-state index in [-0.39, 0.29) is 18.5 Å². The van der Waals surface area contributed by atoms with Crippen LogP contribution in [0.15, 0.2) is 84.9 Å². The van der Waals surface area contributed by atoms with Gasteiger partial charge >= 0.3 is 0 Å². The summed E-state index contributed by atoms with van der Waals surface area (Å²) < 4.78 is 69.0. The highest BCUT2D eigenvalue weighted by Gasteiger charge is 2.49. The maximum atomic E-state index is 14.7. The van der Waals surface area contributed by atoms with Crippen molar-refractivity contribution in [3.8, 4) is 11.1 Å². The summed E-state index contributed by atoms with van der Waals surface area (Å²) in [6.07, 6.45) is -0.523. The Hall–Kier alpha value is -4.04. The number of rotatable bonds is 7. The summed E-state index contributed by atoms with van der Waals surface area (Å²) in [5.74, 6) is -5.67. The molecule has 0 radical (unpaired) electrons. The van der Waals surface area contributed by atoms with Crippen molar-refractivity contribution in [3.05, 3.63) is 125 Å². The molecule has 3 nitrogen and oxygen atoms in total. The lowest BCUT2D eigenvalue weighted by molar-refractivity contribution is -0.131. The van der Waals surface area contributed by atoms with Crippen LogP contribution in [0.25, 0.3) is 11.1 Å². The fourth-order valence-corrected chi connectivity index (χ4v) is 4.90. The van der Waals surface area contributed by atoms with E-state index in [4.69, 9.17) is 0 Å². The number of benzene rings is 4. The van der Waals surface area contributed by atoms with Gasteiger partial charge in [-0.1, -0.05) is 48.5 Å². The minimum atomic E-state index is -1.14. The second kappa shape index (κ2) is 10.4. The topological polar surface area (TPSA) is 40.5 Å². The predicted octanol–water partition coefficient (Wildman–Crippen LogP) is 7.27. The van der Waals surface area contributed by atoms with Crippen LogP contribution in [0.1, 0.15) is 36.1 Å². The van der Waals surface area contributed by atoms with E-state index < -0.39 is 53.1 Å². The number of aliphatic hydroxyl groups excluding tert-OH is 1. The van der Waals surface area contributed by atoms with E-state index in [1.54, 1.807) is 24.3 Å². The van der Waals surface area contributed by atoms with Crippen LogP contribution >= 0.6 is 0 Å². The van der Waals surface area contributed by atoms with Crippen molar-refractivity contribution >= 4 is 11.6 Å². The Morgan fingerprint density at radius 2 is 1.45 bits per heavy atom. The number of hydrogen-bond donors (Lipinski definition) is 1. The molecule has 1 heterocycles. The Balaban J connectivity index is 1.43. The molecule has 4 aromatic carbocycles. The van der Waals surface area contributed by atoms with E-state index >= 15 is 0 Å². The maximum absolute atomic E-state index is 14.7. The molecule has 0 bridgehead atoms. The van der Waals surface area contributed by atoms with Crippen LogP contribution in [-0.4, -0.2) is 11.0 Å². The van der Waals surface area contributed by atoms with Gasteiger partial charge < -0.3 is 10.0 Å². The van der Waals surface area contributed by atoms with Crippen molar-refractivity contribution < 1.29 is 31.9 Å². The Bertz CT molecular complexity index is 1470. The van der Waals surface area contributed by atoms with Crippen molar-refractivity contribution in [2.75, 3.05) is 4.90 Å². The highest BCUT2D eigenvalue weighted by atomic mass is 19.2. The van der Waals surface area contributed by atoms with Gasteiger partial charge in [0.1, 0.15) is 5.82 Å². The molecule has 3 atom stereocenters. The number of halogens is 5. The van der Waals surface area contributed by atoms with Gasteiger partial charge in [0, 0.05) is 0 Å². The lowest BCUT2D eigenvalue weighted by atomic mass is 9.78. The van der Waals surface area contributed by atoms with Gasteiger partial charge in [0.05, 0.1) is 23.8 Å². The lowest BCUT2D eigenvalue weighted by Crippen LogP contribution is -2.55. The normalized spacial score (nSPS) is 17.8. The molecule has 1 saturated heterocycles. The summed E-state index contributed by atoms with van der Waals surface area (Å²) in [5.41, 5.74) is 1.98. The van der Waals surface area contributed by atoms with Gasteiger partial charge in [-0.05, 0) is 71.5 Å². The zero-order valence-electron chi connectivity index (χ0n) is 19.9. The number of hydrogen-bond acceptors (Lipinski definition) is 2. The molecule has 0 spiro atoms. The third kappa shape index (κ3) is 4.79. The second-order valence-corrected chi connectivity index (χ2v) is 9.23. The highest BCUT2D eigenvalue weighted by Crippen LogP contribution is 2.47. The van der Waals surface area contributed by atoms with Crippen molar-refractivity contribution in [2.45, 2.75) is 25.0 Å². The van der Waals surface area contributed by atoms with E-state index in [0.717, 1.165) is 18.2 Å². The third-order valence-corrected chi connectivity index (χ3v) is 6.92. The van der Waals surface area contributed by atoms with Crippen LogP contribution in [0.2, 0.25) is 0 Å². The first-order valence-corrected chi connectivity index (χ1v) is 12.0. The van der Waals surface area contributed by atoms with E-state index in [0.29, 0.717) is 22.3 Å². The van der Waals surface area contributed by atoms with Gasteiger partial charge in [0.2, 0.25) is 5.91 Å². The molecule has 5 rings (SSSR count). The van der Waals surface area contributed by atoms with Crippen LogP contribution in [0.5, 0.6) is 0 Å². The number of nitrogens with zero attached hydrogens (tertiary/aromatic N) is 1. The van der Waals surface area contributed by atoms with Crippen molar-refractivity contribution in [1.82, 2.24) is 0 Å². The molecule has 1 aliphatic heterocycles. The average Bonchev–Trinajstić information content (AvgIpc) is 2.91. The Labute approximate surface area is 215 Å². The summed E-state index contributed by atoms with van der Waals surface area (Å²) in [6, 6.07) is 18.6. The van der Waals surface area contributed by atoms with Crippen molar-refractivity contribution in [3.63, 3.8) is 0 Å². The smallest absolute Gasteiger partial charge is 0.233 e. The molecular weight excluding hydrogens is 501 g/mol. The molecule has 8 heteroatoms. The summed E-state index contributed by atoms with van der Waals surface area (Å²) >= 11 is 0. The van der Waals surface area contributed by atoms with Gasteiger partial charge in [-0.15, -0.1) is 0 Å². The zero-order chi connectivity index (χ0) is 27.0. The number of β-lactam (4-membered cyclic amide) rings is 1. The lowest BCUT2D eigenvalue weighted by Gasteiger charge is -2.48. The average molecular weight is 524 g/mol. The number of carbonyl (C=O) groups is 1.